The second-order valence-electron chi connectivity index (χ2n) is 5.10. The first kappa shape index (κ1) is 16.6. The van der Waals surface area contributed by atoms with Crippen molar-refractivity contribution >= 4 is 12.7 Å². The predicted molar refractivity (Wildman–Crippen MR) is 68.2 cm³/mol. The van der Waals surface area contributed by atoms with Gasteiger partial charge in [-0.2, -0.15) is 0 Å². The van der Waals surface area contributed by atoms with Crippen LogP contribution in [0.2, 0.25) is 0 Å². The van der Waals surface area contributed by atoms with Gasteiger partial charge in [-0.05, 0) is 30.9 Å². The van der Waals surface area contributed by atoms with E-state index in [2.05, 4.69) is 0 Å². The highest BCUT2D eigenvalue weighted by Crippen LogP contribution is 2.37. The summed E-state index contributed by atoms with van der Waals surface area (Å²) < 4.78 is 95.1. The van der Waals surface area contributed by atoms with Crippen molar-refractivity contribution in [1.82, 2.24) is 0 Å². The molecule has 0 spiro atoms. The average Bonchev–Trinajstić information content (AvgIpc) is 2.41. The summed E-state index contributed by atoms with van der Waals surface area (Å²) in [6.45, 7) is 1.62. The van der Waals surface area contributed by atoms with Crippen molar-refractivity contribution in [1.29, 1.82) is 0 Å². The monoisotopic (exact) mass is 321 g/mol. The van der Waals surface area contributed by atoms with E-state index in [1.807, 2.05) is 0 Å². The SMILES string of the molecule is Cc1c(F)cc(F)c([B]C2=C(F)C(F)C(C)(F)C=C2F)c1F. The lowest BCUT2D eigenvalue weighted by Crippen LogP contribution is -2.37. The smallest absolute Gasteiger partial charge is 0.206 e. The summed E-state index contributed by atoms with van der Waals surface area (Å²) in [6, 6.07) is 0.333. The molecule has 0 fully saturated rings. The van der Waals surface area contributed by atoms with Gasteiger partial charge < -0.3 is 0 Å². The van der Waals surface area contributed by atoms with Gasteiger partial charge >= 0.3 is 0 Å². The van der Waals surface area contributed by atoms with Gasteiger partial charge in [0.2, 0.25) is 7.28 Å². The third-order valence-electron chi connectivity index (χ3n) is 3.37. The molecule has 1 aliphatic carbocycles. The first-order valence-electron chi connectivity index (χ1n) is 6.16. The highest BCUT2D eigenvalue weighted by molar-refractivity contribution is 6.62. The lowest BCUT2D eigenvalue weighted by molar-refractivity contribution is 0.114. The zero-order valence-corrected chi connectivity index (χ0v) is 11.5. The summed E-state index contributed by atoms with van der Waals surface area (Å²) in [5.74, 6) is -7.31. The van der Waals surface area contributed by atoms with Crippen LogP contribution in [0.5, 0.6) is 0 Å². The molecular weight excluding hydrogens is 312 g/mol. The van der Waals surface area contributed by atoms with Gasteiger partial charge in [0.15, 0.2) is 11.8 Å². The molecule has 2 rings (SSSR count). The van der Waals surface area contributed by atoms with E-state index >= 15 is 0 Å². The third-order valence-corrected chi connectivity index (χ3v) is 3.37. The molecule has 0 saturated carbocycles. The minimum atomic E-state index is -2.92. The molecule has 1 radical (unpaired) electrons. The van der Waals surface area contributed by atoms with Crippen LogP contribution in [0.3, 0.4) is 0 Å². The van der Waals surface area contributed by atoms with Crippen LogP contribution in [-0.4, -0.2) is 19.1 Å². The van der Waals surface area contributed by atoms with E-state index in [-0.39, 0.29) is 6.08 Å². The predicted octanol–water partition coefficient (Wildman–Crippen LogP) is 3.86. The Labute approximate surface area is 122 Å². The standard InChI is InChI=1S/C14H9BF7/c1-5-6(16)3-7(17)9(11(5)19)15-10-8(18)4-14(2,22)13(21)12(10)20/h3-4,13H,1-2H3. The molecule has 0 aliphatic heterocycles. The zero-order valence-electron chi connectivity index (χ0n) is 11.5. The third kappa shape index (κ3) is 2.66. The fourth-order valence-corrected chi connectivity index (χ4v) is 2.02. The van der Waals surface area contributed by atoms with Gasteiger partial charge in [-0.15, -0.1) is 0 Å². The van der Waals surface area contributed by atoms with Crippen molar-refractivity contribution in [2.24, 2.45) is 0 Å². The molecule has 1 aliphatic rings. The van der Waals surface area contributed by atoms with E-state index in [1.165, 1.54) is 0 Å². The van der Waals surface area contributed by atoms with Crippen LogP contribution in [0.15, 0.2) is 29.3 Å². The molecular formula is C14H9BF7. The molecule has 117 valence electrons. The fraction of sp³-hybridized carbons (Fsp3) is 0.286. The lowest BCUT2D eigenvalue weighted by Gasteiger charge is -2.26. The summed E-state index contributed by atoms with van der Waals surface area (Å²) in [5, 5.41) is 0. The van der Waals surface area contributed by atoms with Crippen LogP contribution in [0.4, 0.5) is 30.7 Å². The Morgan fingerprint density at radius 2 is 1.68 bits per heavy atom. The van der Waals surface area contributed by atoms with Crippen molar-refractivity contribution in [2.45, 2.75) is 25.7 Å². The van der Waals surface area contributed by atoms with E-state index in [0.29, 0.717) is 20.3 Å². The van der Waals surface area contributed by atoms with Crippen molar-refractivity contribution in [3.05, 3.63) is 52.3 Å². The molecule has 8 heteroatoms. The highest BCUT2D eigenvalue weighted by atomic mass is 19.2. The Bertz CT molecular complexity index is 691. The minimum Gasteiger partial charge on any atom is -0.236 e. The van der Waals surface area contributed by atoms with E-state index in [9.17, 15) is 30.7 Å². The number of allylic oxidation sites excluding steroid dienone is 4. The van der Waals surface area contributed by atoms with Gasteiger partial charge in [-0.1, -0.05) is 0 Å². The van der Waals surface area contributed by atoms with Gasteiger partial charge in [0, 0.05) is 11.6 Å². The molecule has 0 N–H and O–H groups in total. The average molecular weight is 321 g/mol. The molecule has 1 aromatic rings. The Morgan fingerprint density at radius 1 is 1.09 bits per heavy atom. The molecule has 2 atom stereocenters. The maximum atomic E-state index is 13.8. The van der Waals surface area contributed by atoms with Crippen molar-refractivity contribution in [3.63, 3.8) is 0 Å². The van der Waals surface area contributed by atoms with Gasteiger partial charge in [0.25, 0.3) is 0 Å². The molecule has 0 saturated heterocycles. The van der Waals surface area contributed by atoms with Crippen LogP contribution < -0.4 is 5.46 Å². The maximum Gasteiger partial charge on any atom is 0.206 e. The molecule has 0 nitrogen and oxygen atoms in total. The number of hydrogen-bond donors (Lipinski definition) is 0. The molecule has 0 heterocycles. The summed E-state index contributed by atoms with van der Waals surface area (Å²) in [5.41, 5.74) is -5.55. The van der Waals surface area contributed by atoms with Gasteiger partial charge in [-0.25, -0.2) is 30.7 Å². The second kappa shape index (κ2) is 5.48. The van der Waals surface area contributed by atoms with Crippen molar-refractivity contribution in [3.8, 4) is 0 Å². The summed E-state index contributed by atoms with van der Waals surface area (Å²) in [7, 11) is 0.347. The highest BCUT2D eigenvalue weighted by Gasteiger charge is 2.43. The second-order valence-corrected chi connectivity index (χ2v) is 5.10. The summed E-state index contributed by atoms with van der Waals surface area (Å²) >= 11 is 0. The largest absolute Gasteiger partial charge is 0.236 e. The molecule has 2 unspecified atom stereocenters. The zero-order chi connectivity index (χ0) is 16.8. The number of hydrogen-bond acceptors (Lipinski definition) is 0. The van der Waals surface area contributed by atoms with Crippen molar-refractivity contribution < 1.29 is 30.7 Å². The quantitative estimate of drug-likeness (QED) is 0.573. The van der Waals surface area contributed by atoms with Crippen LogP contribution in [0, 0.1) is 24.4 Å². The first-order chi connectivity index (χ1) is 10.1. The molecule has 0 aromatic heterocycles. The van der Waals surface area contributed by atoms with Crippen LogP contribution in [0.1, 0.15) is 12.5 Å². The topological polar surface area (TPSA) is 0 Å². The lowest BCUT2D eigenvalue weighted by atomic mass is 9.59. The molecule has 22 heavy (non-hydrogen) atoms. The Morgan fingerprint density at radius 3 is 2.27 bits per heavy atom. The van der Waals surface area contributed by atoms with Crippen LogP contribution in [-0.2, 0) is 0 Å². The maximum absolute atomic E-state index is 13.8. The summed E-state index contributed by atoms with van der Waals surface area (Å²) in [6.07, 6.45) is -2.63. The minimum absolute atomic E-state index is 0.179. The van der Waals surface area contributed by atoms with Gasteiger partial charge in [0.1, 0.15) is 29.1 Å². The van der Waals surface area contributed by atoms with Crippen LogP contribution >= 0.6 is 0 Å². The molecule has 1 aromatic carbocycles. The normalized spacial score (nSPS) is 25.3. The van der Waals surface area contributed by atoms with E-state index < -0.39 is 57.4 Å². The Hall–Kier alpha value is -1.73. The van der Waals surface area contributed by atoms with Crippen molar-refractivity contribution in [2.75, 3.05) is 0 Å². The molecule has 0 amide bonds. The number of alkyl halides is 2. The van der Waals surface area contributed by atoms with Gasteiger partial charge in [-0.3, -0.25) is 0 Å². The van der Waals surface area contributed by atoms with E-state index in [0.717, 1.165) is 6.92 Å². The Balaban J connectivity index is 2.50. The van der Waals surface area contributed by atoms with E-state index in [1.54, 1.807) is 0 Å². The Kier molecular flexibility index (Phi) is 4.15. The van der Waals surface area contributed by atoms with E-state index in [4.69, 9.17) is 0 Å². The van der Waals surface area contributed by atoms with Crippen LogP contribution in [0.25, 0.3) is 0 Å². The first-order valence-corrected chi connectivity index (χ1v) is 6.16. The summed E-state index contributed by atoms with van der Waals surface area (Å²) in [4.78, 5) is 0. The van der Waals surface area contributed by atoms with Gasteiger partial charge in [0.05, 0.1) is 0 Å². The number of benzene rings is 1. The fourth-order valence-electron chi connectivity index (χ4n) is 2.02. The molecule has 0 bridgehead atoms. The number of rotatable bonds is 2. The number of halogens is 7.